The molecule has 1 rings (SSSR count). The fraction of sp³-hybridized carbons (Fsp3) is 0.889. The van der Waals surface area contributed by atoms with Gasteiger partial charge in [-0.3, -0.25) is 0 Å². The van der Waals surface area contributed by atoms with Crippen molar-refractivity contribution in [3.8, 4) is 0 Å². The number of thiocarbonyl (C=S) groups is 1. The second kappa shape index (κ2) is 5.39. The summed E-state index contributed by atoms with van der Waals surface area (Å²) < 4.78 is 25.6. The van der Waals surface area contributed by atoms with Crippen molar-refractivity contribution in [2.24, 2.45) is 5.73 Å². The molecule has 7 heteroatoms. The van der Waals surface area contributed by atoms with Gasteiger partial charge in [0.1, 0.15) is 5.25 Å². The number of piperidine rings is 1. The predicted octanol–water partition coefficient (Wildman–Crippen LogP) is -0.162. The van der Waals surface area contributed by atoms with E-state index in [1.54, 1.807) is 0 Å². The van der Waals surface area contributed by atoms with Crippen LogP contribution in [-0.4, -0.2) is 47.3 Å². The average Bonchev–Trinajstić information content (AvgIpc) is 2.27. The zero-order chi connectivity index (χ0) is 12.3. The van der Waals surface area contributed by atoms with Gasteiger partial charge in [0, 0.05) is 12.6 Å². The lowest BCUT2D eigenvalue weighted by Gasteiger charge is -2.35. The number of aliphatic hydroxyl groups is 1. The van der Waals surface area contributed by atoms with Crippen molar-refractivity contribution in [3.63, 3.8) is 0 Å². The van der Waals surface area contributed by atoms with E-state index in [0.29, 0.717) is 13.0 Å². The third-order valence-corrected chi connectivity index (χ3v) is 5.74. The van der Waals surface area contributed by atoms with Gasteiger partial charge in [-0.2, -0.15) is 4.31 Å². The quantitative estimate of drug-likeness (QED) is 0.691. The number of hydrogen-bond acceptors (Lipinski definition) is 4. The Balaban J connectivity index is 2.92. The van der Waals surface area contributed by atoms with Gasteiger partial charge in [-0.1, -0.05) is 18.6 Å². The second-order valence-electron chi connectivity index (χ2n) is 4.03. The van der Waals surface area contributed by atoms with Crippen molar-refractivity contribution < 1.29 is 13.5 Å². The molecule has 0 aromatic heterocycles. The van der Waals surface area contributed by atoms with E-state index in [0.717, 1.165) is 12.8 Å². The van der Waals surface area contributed by atoms with E-state index in [-0.39, 0.29) is 17.6 Å². The minimum Gasteiger partial charge on any atom is -0.395 e. The molecule has 0 aromatic carbocycles. The highest BCUT2D eigenvalue weighted by Gasteiger charge is 2.36. The van der Waals surface area contributed by atoms with Crippen LogP contribution in [-0.2, 0) is 10.0 Å². The van der Waals surface area contributed by atoms with Gasteiger partial charge in [-0.05, 0) is 19.8 Å². The third kappa shape index (κ3) is 2.71. The van der Waals surface area contributed by atoms with Gasteiger partial charge >= 0.3 is 0 Å². The molecule has 2 atom stereocenters. The smallest absolute Gasteiger partial charge is 0.223 e. The number of hydrogen-bond donors (Lipinski definition) is 2. The molecular formula is C9H18N2O3S2. The normalized spacial score (nSPS) is 25.2. The maximum atomic E-state index is 12.1. The Labute approximate surface area is 102 Å². The number of sulfonamides is 1. The number of nitrogens with two attached hydrogens (primary N) is 1. The van der Waals surface area contributed by atoms with Crippen molar-refractivity contribution >= 4 is 27.2 Å². The van der Waals surface area contributed by atoms with Gasteiger partial charge in [0.2, 0.25) is 10.0 Å². The van der Waals surface area contributed by atoms with Crippen molar-refractivity contribution in [3.05, 3.63) is 0 Å². The molecule has 94 valence electrons. The van der Waals surface area contributed by atoms with E-state index in [2.05, 4.69) is 0 Å². The van der Waals surface area contributed by atoms with Crippen LogP contribution in [0, 0.1) is 0 Å². The fourth-order valence-electron chi connectivity index (χ4n) is 1.84. The van der Waals surface area contributed by atoms with E-state index in [1.165, 1.54) is 11.2 Å². The largest absolute Gasteiger partial charge is 0.395 e. The lowest BCUT2D eigenvalue weighted by molar-refractivity contribution is 0.155. The molecule has 0 amide bonds. The molecule has 16 heavy (non-hydrogen) atoms. The molecule has 5 nitrogen and oxygen atoms in total. The maximum absolute atomic E-state index is 12.1. The molecule has 1 heterocycles. The Hall–Kier alpha value is -0.240. The first-order valence-corrected chi connectivity index (χ1v) is 7.23. The van der Waals surface area contributed by atoms with Gasteiger partial charge in [0.05, 0.1) is 11.6 Å². The fourth-order valence-corrected chi connectivity index (χ4v) is 3.88. The van der Waals surface area contributed by atoms with Crippen molar-refractivity contribution in [1.82, 2.24) is 4.31 Å². The van der Waals surface area contributed by atoms with Crippen LogP contribution in [0.25, 0.3) is 0 Å². The summed E-state index contributed by atoms with van der Waals surface area (Å²) in [6, 6.07) is -0.324. The number of aliphatic hydroxyl groups excluding tert-OH is 1. The summed E-state index contributed by atoms with van der Waals surface area (Å²) in [7, 11) is -3.52. The third-order valence-electron chi connectivity index (χ3n) is 2.96. The second-order valence-corrected chi connectivity index (χ2v) is 6.71. The molecule has 2 unspecified atom stereocenters. The van der Waals surface area contributed by atoms with E-state index in [9.17, 15) is 13.5 Å². The highest BCUT2D eigenvalue weighted by molar-refractivity contribution is 7.92. The van der Waals surface area contributed by atoms with Crippen molar-refractivity contribution in [2.75, 3.05) is 13.2 Å². The summed E-state index contributed by atoms with van der Waals surface area (Å²) in [6.45, 7) is 1.78. The SMILES string of the molecule is CC(C(N)=S)S(=O)(=O)N1CCCCC1CO. The standard InChI is InChI=1S/C9H18N2O3S2/c1-7(9(10)15)16(13,14)11-5-3-2-4-8(11)6-12/h7-8,12H,2-6H2,1H3,(H2,10,15). The van der Waals surface area contributed by atoms with Crippen LogP contribution in [0.3, 0.4) is 0 Å². The van der Waals surface area contributed by atoms with Crippen LogP contribution in [0.1, 0.15) is 26.2 Å². The minimum atomic E-state index is -3.52. The molecule has 1 aliphatic rings. The van der Waals surface area contributed by atoms with E-state index in [4.69, 9.17) is 18.0 Å². The topological polar surface area (TPSA) is 83.6 Å². The van der Waals surface area contributed by atoms with Gasteiger partial charge < -0.3 is 10.8 Å². The first-order chi connectivity index (χ1) is 7.41. The number of nitrogens with zero attached hydrogens (tertiary/aromatic N) is 1. The Morgan fingerprint density at radius 2 is 2.25 bits per heavy atom. The predicted molar refractivity (Wildman–Crippen MR) is 66.6 cm³/mol. The molecule has 3 N–H and O–H groups in total. The Morgan fingerprint density at radius 1 is 1.62 bits per heavy atom. The summed E-state index contributed by atoms with van der Waals surface area (Å²) in [5.74, 6) is 0. The van der Waals surface area contributed by atoms with Crippen LogP contribution < -0.4 is 5.73 Å². The summed E-state index contributed by atoms with van der Waals surface area (Å²) in [4.78, 5) is -0.0257. The number of rotatable bonds is 4. The zero-order valence-corrected chi connectivity index (χ0v) is 10.9. The van der Waals surface area contributed by atoms with Crippen LogP contribution in [0.4, 0.5) is 0 Å². The molecule has 1 saturated heterocycles. The molecule has 0 spiro atoms. The molecule has 0 bridgehead atoms. The summed E-state index contributed by atoms with van der Waals surface area (Å²) in [6.07, 6.45) is 2.46. The molecule has 0 radical (unpaired) electrons. The molecule has 0 aromatic rings. The van der Waals surface area contributed by atoms with E-state index < -0.39 is 15.3 Å². The summed E-state index contributed by atoms with van der Waals surface area (Å²) in [5, 5.41) is 8.31. The van der Waals surface area contributed by atoms with Crippen LogP contribution in [0.2, 0.25) is 0 Å². The lowest BCUT2D eigenvalue weighted by atomic mass is 10.1. The van der Waals surface area contributed by atoms with Crippen LogP contribution in [0.15, 0.2) is 0 Å². The van der Waals surface area contributed by atoms with Gasteiger partial charge in [0.25, 0.3) is 0 Å². The van der Waals surface area contributed by atoms with Gasteiger partial charge in [0.15, 0.2) is 0 Å². The monoisotopic (exact) mass is 266 g/mol. The summed E-state index contributed by atoms with van der Waals surface area (Å²) in [5.41, 5.74) is 5.38. The molecular weight excluding hydrogens is 248 g/mol. The highest BCUT2D eigenvalue weighted by atomic mass is 32.2. The van der Waals surface area contributed by atoms with Gasteiger partial charge in [-0.15, -0.1) is 0 Å². The van der Waals surface area contributed by atoms with Crippen molar-refractivity contribution in [1.29, 1.82) is 0 Å². The Kier molecular flexibility index (Phi) is 4.66. The minimum absolute atomic E-state index is 0.0257. The Bertz CT molecular complexity index is 356. The average molecular weight is 266 g/mol. The van der Waals surface area contributed by atoms with E-state index >= 15 is 0 Å². The molecule has 0 aliphatic carbocycles. The van der Waals surface area contributed by atoms with Crippen LogP contribution in [0.5, 0.6) is 0 Å². The molecule has 1 fully saturated rings. The van der Waals surface area contributed by atoms with Gasteiger partial charge in [-0.25, -0.2) is 8.42 Å². The summed E-state index contributed by atoms with van der Waals surface area (Å²) >= 11 is 4.72. The van der Waals surface area contributed by atoms with Crippen molar-refractivity contribution in [2.45, 2.75) is 37.5 Å². The van der Waals surface area contributed by atoms with Crippen LogP contribution >= 0.6 is 12.2 Å². The first-order valence-electron chi connectivity index (χ1n) is 5.32. The maximum Gasteiger partial charge on any atom is 0.223 e. The Morgan fingerprint density at radius 3 is 2.75 bits per heavy atom. The zero-order valence-electron chi connectivity index (χ0n) is 9.30. The first kappa shape index (κ1) is 13.8. The highest BCUT2D eigenvalue weighted by Crippen LogP contribution is 2.22. The van der Waals surface area contributed by atoms with E-state index in [1.807, 2.05) is 0 Å². The molecule has 1 aliphatic heterocycles. The lowest BCUT2D eigenvalue weighted by Crippen LogP contribution is -2.51. The molecule has 0 saturated carbocycles.